The van der Waals surface area contributed by atoms with Gasteiger partial charge in [-0.05, 0) is 29.8 Å². The van der Waals surface area contributed by atoms with E-state index in [-0.39, 0.29) is 11.8 Å². The van der Waals surface area contributed by atoms with Gasteiger partial charge in [0.15, 0.2) is 0 Å². The van der Waals surface area contributed by atoms with Crippen LogP contribution in [0.2, 0.25) is 0 Å². The van der Waals surface area contributed by atoms with E-state index in [1.54, 1.807) is 41.3 Å². The Morgan fingerprint density at radius 2 is 1.39 bits per heavy atom. The van der Waals surface area contributed by atoms with Gasteiger partial charge >= 0.3 is 0 Å². The van der Waals surface area contributed by atoms with Crippen molar-refractivity contribution in [2.45, 2.75) is 25.9 Å². The maximum Gasteiger partial charge on any atom is 0.255 e. The van der Waals surface area contributed by atoms with Gasteiger partial charge in [0, 0.05) is 30.5 Å². The summed E-state index contributed by atoms with van der Waals surface area (Å²) in [6.45, 7) is 4.04. The Bertz CT molecular complexity index is 1030. The highest BCUT2D eigenvalue weighted by Crippen LogP contribution is 2.16. The summed E-state index contributed by atoms with van der Waals surface area (Å²) < 4.78 is 0. The third kappa shape index (κ3) is 5.58. The normalized spacial score (nSPS) is 13.7. The molecule has 1 heterocycles. The maximum atomic E-state index is 12.8. The van der Waals surface area contributed by atoms with Gasteiger partial charge in [-0.25, -0.2) is 0 Å². The molecule has 1 saturated heterocycles. The summed E-state index contributed by atoms with van der Waals surface area (Å²) in [5, 5.41) is 5.81. The van der Waals surface area contributed by atoms with Crippen molar-refractivity contribution in [1.29, 1.82) is 0 Å². The van der Waals surface area contributed by atoms with Crippen LogP contribution in [-0.4, -0.2) is 24.9 Å². The van der Waals surface area contributed by atoms with Crippen molar-refractivity contribution in [3.63, 3.8) is 0 Å². The fourth-order valence-electron chi connectivity index (χ4n) is 3.97. The van der Waals surface area contributed by atoms with Crippen LogP contribution in [-0.2, 0) is 13.1 Å². The molecule has 0 spiro atoms. The minimum Gasteiger partial charge on any atom is -0.348 e. The zero-order valence-corrected chi connectivity index (χ0v) is 17.6. The fraction of sp³-hybridized carbons (Fsp3) is 0.231. The van der Waals surface area contributed by atoms with E-state index in [1.165, 1.54) is 31.5 Å². The second kappa shape index (κ2) is 10.0. The Labute approximate surface area is 183 Å². The van der Waals surface area contributed by atoms with Gasteiger partial charge in [-0.1, -0.05) is 54.6 Å². The number of benzene rings is 3. The van der Waals surface area contributed by atoms with Crippen molar-refractivity contribution >= 4 is 17.5 Å². The van der Waals surface area contributed by atoms with Crippen LogP contribution in [0.1, 0.15) is 44.7 Å². The van der Waals surface area contributed by atoms with Crippen LogP contribution in [0.5, 0.6) is 0 Å². The smallest absolute Gasteiger partial charge is 0.255 e. The van der Waals surface area contributed by atoms with Gasteiger partial charge in [-0.3, -0.25) is 9.59 Å². The third-order valence-corrected chi connectivity index (χ3v) is 5.70. The van der Waals surface area contributed by atoms with E-state index >= 15 is 0 Å². The molecule has 1 fully saturated rings. The zero-order chi connectivity index (χ0) is 21.5. The van der Waals surface area contributed by atoms with Gasteiger partial charge in [0.25, 0.3) is 11.8 Å². The number of amides is 2. The summed E-state index contributed by atoms with van der Waals surface area (Å²) in [5.41, 5.74) is 3.88. The molecule has 5 heteroatoms. The average molecular weight is 415 g/mol. The van der Waals surface area contributed by atoms with Gasteiger partial charge in [0.2, 0.25) is 0 Å². The molecule has 3 aromatic rings. The number of quaternary nitrogens is 1. The Balaban J connectivity index is 1.36. The number of rotatable bonds is 7. The van der Waals surface area contributed by atoms with E-state index in [9.17, 15) is 9.59 Å². The molecule has 1 aliphatic rings. The molecule has 0 atom stereocenters. The summed E-state index contributed by atoms with van der Waals surface area (Å²) in [6, 6.07) is 24.5. The van der Waals surface area contributed by atoms with E-state index < -0.39 is 0 Å². The first-order valence-corrected chi connectivity index (χ1v) is 10.8. The Morgan fingerprint density at radius 1 is 0.742 bits per heavy atom. The lowest BCUT2D eigenvalue weighted by Gasteiger charge is -2.13. The zero-order valence-electron chi connectivity index (χ0n) is 17.6. The van der Waals surface area contributed by atoms with Crippen LogP contribution in [0, 0.1) is 0 Å². The van der Waals surface area contributed by atoms with E-state index in [0.29, 0.717) is 23.4 Å². The van der Waals surface area contributed by atoms with Gasteiger partial charge in [-0.2, -0.15) is 0 Å². The van der Waals surface area contributed by atoms with Crippen LogP contribution in [0.4, 0.5) is 5.69 Å². The molecule has 2 amide bonds. The van der Waals surface area contributed by atoms with Gasteiger partial charge < -0.3 is 15.5 Å². The van der Waals surface area contributed by atoms with Crippen molar-refractivity contribution in [3.05, 3.63) is 101 Å². The van der Waals surface area contributed by atoms with Crippen LogP contribution in [0.15, 0.2) is 78.9 Å². The lowest BCUT2D eigenvalue weighted by atomic mass is 10.1. The van der Waals surface area contributed by atoms with Crippen molar-refractivity contribution < 1.29 is 14.5 Å². The maximum absolute atomic E-state index is 12.8. The second-order valence-electron chi connectivity index (χ2n) is 8.00. The number of nitrogens with one attached hydrogen (secondary N) is 3. The first kappa shape index (κ1) is 20.8. The molecule has 31 heavy (non-hydrogen) atoms. The highest BCUT2D eigenvalue weighted by atomic mass is 16.2. The average Bonchev–Trinajstić information content (AvgIpc) is 3.32. The van der Waals surface area contributed by atoms with Crippen molar-refractivity contribution in [1.82, 2.24) is 5.32 Å². The summed E-state index contributed by atoms with van der Waals surface area (Å²) in [7, 11) is 0. The molecular weight excluding hydrogens is 386 g/mol. The molecule has 0 saturated carbocycles. The van der Waals surface area contributed by atoms with Crippen molar-refractivity contribution in [3.8, 4) is 0 Å². The monoisotopic (exact) mass is 414 g/mol. The standard InChI is InChI=1S/C26H27N3O2/c30-25(22-8-2-1-3-9-22)28-24-11-5-4-10-23(24)26(31)27-18-20-12-14-21(15-13-20)19-29-16-6-7-17-29/h1-5,8-15H,6-7,16-19H2,(H,27,31)(H,28,30)/p+1. The van der Waals surface area contributed by atoms with E-state index in [2.05, 4.69) is 34.9 Å². The molecule has 4 rings (SSSR count). The lowest BCUT2D eigenvalue weighted by molar-refractivity contribution is -0.901. The molecule has 0 unspecified atom stereocenters. The molecular formula is C26H28N3O2+. The second-order valence-corrected chi connectivity index (χ2v) is 8.00. The first-order chi connectivity index (χ1) is 15.2. The number of anilines is 1. The third-order valence-electron chi connectivity index (χ3n) is 5.70. The molecule has 0 bridgehead atoms. The van der Waals surface area contributed by atoms with E-state index in [1.807, 2.05) is 18.2 Å². The molecule has 5 nitrogen and oxygen atoms in total. The molecule has 0 aliphatic carbocycles. The number of hydrogen-bond acceptors (Lipinski definition) is 2. The van der Waals surface area contributed by atoms with Crippen LogP contribution < -0.4 is 15.5 Å². The highest BCUT2D eigenvalue weighted by molar-refractivity contribution is 6.08. The Kier molecular flexibility index (Phi) is 6.75. The fourth-order valence-corrected chi connectivity index (χ4v) is 3.97. The molecule has 3 aromatic carbocycles. The van der Waals surface area contributed by atoms with Gasteiger partial charge in [0.1, 0.15) is 6.54 Å². The SMILES string of the molecule is O=C(Nc1ccccc1C(=O)NCc1ccc(C[NH+]2CCCC2)cc1)c1ccccc1. The molecule has 3 N–H and O–H groups in total. The molecule has 0 radical (unpaired) electrons. The van der Waals surface area contributed by atoms with Crippen molar-refractivity contribution in [2.75, 3.05) is 18.4 Å². The number of likely N-dealkylation sites (tertiary alicyclic amines) is 1. The molecule has 158 valence electrons. The van der Waals surface area contributed by atoms with E-state index in [4.69, 9.17) is 0 Å². The summed E-state index contributed by atoms with van der Waals surface area (Å²) in [5.74, 6) is -0.453. The van der Waals surface area contributed by atoms with Crippen LogP contribution in [0.3, 0.4) is 0 Å². The van der Waals surface area contributed by atoms with Gasteiger partial charge in [0.05, 0.1) is 24.3 Å². The minimum atomic E-state index is -0.239. The Hall–Kier alpha value is -3.44. The number of para-hydroxylation sites is 1. The Morgan fingerprint density at radius 3 is 2.13 bits per heavy atom. The van der Waals surface area contributed by atoms with Crippen LogP contribution >= 0.6 is 0 Å². The summed E-state index contributed by atoms with van der Waals surface area (Å²) in [4.78, 5) is 26.9. The number of carbonyl (C=O) groups excluding carboxylic acids is 2. The number of carbonyl (C=O) groups is 2. The predicted molar refractivity (Wildman–Crippen MR) is 122 cm³/mol. The van der Waals surface area contributed by atoms with E-state index in [0.717, 1.165) is 12.1 Å². The lowest BCUT2D eigenvalue weighted by Crippen LogP contribution is -3.08. The topological polar surface area (TPSA) is 62.6 Å². The van der Waals surface area contributed by atoms with Crippen LogP contribution in [0.25, 0.3) is 0 Å². The summed E-state index contributed by atoms with van der Waals surface area (Å²) in [6.07, 6.45) is 2.65. The predicted octanol–water partition coefficient (Wildman–Crippen LogP) is 3.05. The highest BCUT2D eigenvalue weighted by Gasteiger charge is 2.16. The summed E-state index contributed by atoms with van der Waals surface area (Å²) >= 11 is 0. The van der Waals surface area contributed by atoms with Crippen molar-refractivity contribution in [2.24, 2.45) is 0 Å². The molecule has 0 aromatic heterocycles. The minimum absolute atomic E-state index is 0.213. The molecule has 1 aliphatic heterocycles. The largest absolute Gasteiger partial charge is 0.348 e. The number of hydrogen-bond donors (Lipinski definition) is 3. The quantitative estimate of drug-likeness (QED) is 0.557. The first-order valence-electron chi connectivity index (χ1n) is 10.8. The van der Waals surface area contributed by atoms with Gasteiger partial charge in [-0.15, -0.1) is 0 Å².